The van der Waals surface area contributed by atoms with Gasteiger partial charge in [0.25, 0.3) is 0 Å². The number of rotatable bonds is 12. The first-order valence-corrected chi connectivity index (χ1v) is 8.01. The Labute approximate surface area is 101 Å². The van der Waals surface area contributed by atoms with Gasteiger partial charge in [0, 0.05) is 13.2 Å². The van der Waals surface area contributed by atoms with Gasteiger partial charge in [-0.3, -0.25) is 0 Å². The van der Waals surface area contributed by atoms with Gasteiger partial charge >= 0.3 is 7.80 Å². The Morgan fingerprint density at radius 1 is 0.812 bits per heavy atom. The van der Waals surface area contributed by atoms with E-state index in [9.17, 15) is 4.57 Å². The van der Waals surface area contributed by atoms with Gasteiger partial charge < -0.3 is 9.47 Å². The zero-order chi connectivity index (χ0) is 12.1. The molecule has 4 heteroatoms. The number of hydrogen-bond donors (Lipinski definition) is 0. The first kappa shape index (κ1) is 16.0. The average molecular weight is 249 g/mol. The van der Waals surface area contributed by atoms with E-state index in [1.807, 2.05) is 0 Å². The van der Waals surface area contributed by atoms with Crippen LogP contribution in [0.25, 0.3) is 0 Å². The van der Waals surface area contributed by atoms with Crippen LogP contribution in [0.5, 0.6) is 0 Å². The molecule has 0 saturated carbocycles. The van der Waals surface area contributed by atoms with Crippen molar-refractivity contribution in [2.75, 3.05) is 38.8 Å². The molecule has 0 spiro atoms. The summed E-state index contributed by atoms with van der Waals surface area (Å²) in [6.45, 7) is 7.13. The highest BCUT2D eigenvalue weighted by Gasteiger charge is 2.13. The van der Waals surface area contributed by atoms with Crippen molar-refractivity contribution < 1.29 is 14.0 Å². The number of hydrogen-bond acceptors (Lipinski definition) is 3. The first-order chi connectivity index (χ1) is 7.81. The fourth-order valence-corrected chi connectivity index (χ4v) is 2.03. The van der Waals surface area contributed by atoms with Crippen molar-refractivity contribution in [1.29, 1.82) is 0 Å². The molecular formula is C12H26O3P+. The molecule has 0 aromatic carbocycles. The maximum Gasteiger partial charge on any atom is 0.343 e. The highest BCUT2D eigenvalue weighted by molar-refractivity contribution is 7.44. The first-order valence-electron chi connectivity index (χ1n) is 6.38. The molecule has 0 aliphatic carbocycles. The summed E-state index contributed by atoms with van der Waals surface area (Å²) in [5.41, 5.74) is 0. The molecule has 0 aliphatic rings. The van der Waals surface area contributed by atoms with Gasteiger partial charge in [-0.15, -0.1) is 0 Å². The van der Waals surface area contributed by atoms with Gasteiger partial charge in [-0.25, -0.2) is 0 Å². The smallest absolute Gasteiger partial charge is 0.343 e. The molecule has 0 aromatic rings. The summed E-state index contributed by atoms with van der Waals surface area (Å²) in [5.74, 6) is 0. The molecule has 0 fully saturated rings. The van der Waals surface area contributed by atoms with Gasteiger partial charge in [0.2, 0.25) is 0 Å². The Morgan fingerprint density at radius 3 is 1.62 bits per heavy atom. The number of unbranched alkanes of at least 4 members (excludes halogenated alkanes) is 2. The third kappa shape index (κ3) is 12.1. The van der Waals surface area contributed by atoms with Crippen molar-refractivity contribution in [3.05, 3.63) is 0 Å². The second kappa shape index (κ2) is 13.1. The Bertz CT molecular complexity index is 146. The Kier molecular flexibility index (Phi) is 13.1. The summed E-state index contributed by atoms with van der Waals surface area (Å²) in [5, 5.41) is 0. The van der Waals surface area contributed by atoms with Crippen LogP contribution in [-0.2, 0) is 14.0 Å². The van der Waals surface area contributed by atoms with Crippen LogP contribution < -0.4 is 0 Å². The van der Waals surface area contributed by atoms with Crippen LogP contribution in [0, 0.1) is 0 Å². The monoisotopic (exact) mass is 249 g/mol. The normalized spacial score (nSPS) is 10.6. The lowest BCUT2D eigenvalue weighted by Gasteiger charge is -1.99. The maximum atomic E-state index is 11.5. The Hall–Kier alpha value is 0.0200. The molecule has 96 valence electrons. The molecule has 0 radical (unpaired) electrons. The molecule has 0 aromatic heterocycles. The van der Waals surface area contributed by atoms with E-state index in [-0.39, 0.29) is 0 Å². The topological polar surface area (TPSA) is 35.5 Å². The largest absolute Gasteiger partial charge is 0.377 e. The molecule has 0 rings (SSSR count). The van der Waals surface area contributed by atoms with Crippen molar-refractivity contribution in [2.45, 2.75) is 39.5 Å². The minimum absolute atomic E-state index is 0.629. The van der Waals surface area contributed by atoms with Crippen LogP contribution in [-0.4, -0.2) is 38.8 Å². The van der Waals surface area contributed by atoms with E-state index in [4.69, 9.17) is 9.47 Å². The zero-order valence-corrected chi connectivity index (χ0v) is 11.6. The van der Waals surface area contributed by atoms with Crippen LogP contribution in [0.2, 0.25) is 0 Å². The molecule has 0 unspecified atom stereocenters. The van der Waals surface area contributed by atoms with E-state index in [1.54, 1.807) is 0 Å². The summed E-state index contributed by atoms with van der Waals surface area (Å²) in [6.07, 6.45) is 5.84. The highest BCUT2D eigenvalue weighted by Crippen LogP contribution is 2.18. The fourth-order valence-electron chi connectivity index (χ4n) is 1.14. The summed E-state index contributed by atoms with van der Waals surface area (Å²) < 4.78 is 22.2. The van der Waals surface area contributed by atoms with E-state index >= 15 is 0 Å². The van der Waals surface area contributed by atoms with Gasteiger partial charge in [-0.2, -0.15) is 0 Å². The van der Waals surface area contributed by atoms with Gasteiger partial charge in [0.05, 0.1) is 13.2 Å². The van der Waals surface area contributed by atoms with Gasteiger partial charge in [0.1, 0.15) is 0 Å². The van der Waals surface area contributed by atoms with Crippen molar-refractivity contribution in [1.82, 2.24) is 0 Å². The van der Waals surface area contributed by atoms with Crippen molar-refractivity contribution >= 4 is 7.80 Å². The maximum absolute atomic E-state index is 11.5. The molecule has 0 bridgehead atoms. The molecular weight excluding hydrogens is 223 g/mol. The summed E-state index contributed by atoms with van der Waals surface area (Å²) >= 11 is 0. The summed E-state index contributed by atoms with van der Waals surface area (Å²) in [7, 11) is -1.12. The molecule has 0 atom stereocenters. The van der Waals surface area contributed by atoms with Gasteiger partial charge in [0.15, 0.2) is 12.3 Å². The van der Waals surface area contributed by atoms with Crippen LogP contribution in [0.4, 0.5) is 0 Å². The van der Waals surface area contributed by atoms with E-state index in [0.29, 0.717) is 25.5 Å². The van der Waals surface area contributed by atoms with Crippen molar-refractivity contribution in [2.24, 2.45) is 0 Å². The predicted molar refractivity (Wildman–Crippen MR) is 68.8 cm³/mol. The second-order valence-electron chi connectivity index (χ2n) is 3.86. The Morgan fingerprint density at radius 2 is 1.25 bits per heavy atom. The molecule has 0 amide bonds. The van der Waals surface area contributed by atoms with E-state index in [0.717, 1.165) is 38.9 Å². The lowest BCUT2D eigenvalue weighted by atomic mass is 10.4. The van der Waals surface area contributed by atoms with Crippen molar-refractivity contribution in [3.63, 3.8) is 0 Å². The fraction of sp³-hybridized carbons (Fsp3) is 1.00. The number of ether oxygens (including phenoxy) is 2. The molecule has 0 aliphatic heterocycles. The lowest BCUT2D eigenvalue weighted by molar-refractivity contribution is 0.142. The third-order valence-corrected chi connectivity index (χ3v) is 3.62. The van der Waals surface area contributed by atoms with E-state index in [1.165, 1.54) is 0 Å². The summed E-state index contributed by atoms with van der Waals surface area (Å²) in [6, 6.07) is 0. The SMILES string of the molecule is CCCCOCC[P+](=O)CCOCCCC. The van der Waals surface area contributed by atoms with Gasteiger partial charge in [-0.05, 0) is 12.8 Å². The van der Waals surface area contributed by atoms with E-state index < -0.39 is 7.80 Å². The third-order valence-electron chi connectivity index (χ3n) is 2.25. The molecule has 16 heavy (non-hydrogen) atoms. The van der Waals surface area contributed by atoms with Crippen LogP contribution in [0.15, 0.2) is 0 Å². The molecule has 0 heterocycles. The van der Waals surface area contributed by atoms with Crippen LogP contribution in [0.3, 0.4) is 0 Å². The molecule has 3 nitrogen and oxygen atoms in total. The van der Waals surface area contributed by atoms with Gasteiger partial charge in [-0.1, -0.05) is 31.3 Å². The minimum Gasteiger partial charge on any atom is -0.377 e. The molecule has 0 saturated heterocycles. The lowest BCUT2D eigenvalue weighted by Crippen LogP contribution is -2.03. The molecule has 0 N–H and O–H groups in total. The van der Waals surface area contributed by atoms with E-state index in [2.05, 4.69) is 13.8 Å². The predicted octanol–water partition coefficient (Wildman–Crippen LogP) is 3.45. The average Bonchev–Trinajstić information content (AvgIpc) is 2.28. The zero-order valence-electron chi connectivity index (χ0n) is 10.7. The second-order valence-corrected chi connectivity index (χ2v) is 5.72. The summed E-state index contributed by atoms with van der Waals surface area (Å²) in [4.78, 5) is 0. The quantitative estimate of drug-likeness (QED) is 0.392. The standard InChI is InChI=1S/C12H26O3P/c1-3-5-7-14-9-11-16(13)12-10-15-8-6-4-2/h3-12H2,1-2H3/q+1. The van der Waals surface area contributed by atoms with Crippen molar-refractivity contribution in [3.8, 4) is 0 Å². The highest BCUT2D eigenvalue weighted by atomic mass is 31.1. The van der Waals surface area contributed by atoms with Crippen LogP contribution in [0.1, 0.15) is 39.5 Å². The Balaban J connectivity index is 3.12. The minimum atomic E-state index is -1.12. The van der Waals surface area contributed by atoms with Crippen LogP contribution >= 0.6 is 7.80 Å².